The van der Waals surface area contributed by atoms with Crippen LogP contribution < -0.4 is 4.90 Å². The Bertz CT molecular complexity index is 764. The minimum absolute atomic E-state index is 0.0517. The zero-order valence-corrected chi connectivity index (χ0v) is 16.4. The highest BCUT2D eigenvalue weighted by Crippen LogP contribution is 2.42. The number of sulfone groups is 1. The number of aliphatic imine (C=N–C) groups is 1. The summed E-state index contributed by atoms with van der Waals surface area (Å²) in [4.78, 5) is 18.2. The summed E-state index contributed by atoms with van der Waals surface area (Å²) in [6, 6.07) is 7.65. The van der Waals surface area contributed by atoms with E-state index in [1.807, 2.05) is 36.1 Å². The van der Waals surface area contributed by atoms with E-state index in [1.54, 1.807) is 0 Å². The van der Waals surface area contributed by atoms with E-state index in [0.717, 1.165) is 15.7 Å². The van der Waals surface area contributed by atoms with E-state index in [-0.39, 0.29) is 28.7 Å². The van der Waals surface area contributed by atoms with Gasteiger partial charge in [-0.05, 0) is 41.1 Å². The Hall–Kier alpha value is -0.610. The third-order valence-corrected chi connectivity index (χ3v) is 7.98. The molecule has 2 aliphatic rings. The van der Waals surface area contributed by atoms with Crippen molar-refractivity contribution < 1.29 is 13.2 Å². The Morgan fingerprint density at radius 2 is 2.13 bits per heavy atom. The number of hydrogen-bond acceptors (Lipinski definition) is 4. The fourth-order valence-corrected chi connectivity index (χ4v) is 7.44. The number of carbonyl (C=O) groups excluding carboxylic acids is 1. The quantitative estimate of drug-likeness (QED) is 0.644. The Kier molecular flexibility index (Phi) is 5.03. The van der Waals surface area contributed by atoms with Gasteiger partial charge in [0, 0.05) is 15.2 Å². The van der Waals surface area contributed by atoms with Crippen LogP contribution in [0.4, 0.5) is 5.69 Å². The second-order valence-corrected chi connectivity index (χ2v) is 10.2. The van der Waals surface area contributed by atoms with Crippen molar-refractivity contribution >= 4 is 61.0 Å². The molecule has 124 valence electrons. The van der Waals surface area contributed by atoms with Gasteiger partial charge >= 0.3 is 0 Å². The summed E-state index contributed by atoms with van der Waals surface area (Å²) in [6.45, 7) is 1.94. The van der Waals surface area contributed by atoms with Crippen molar-refractivity contribution in [3.05, 3.63) is 27.8 Å². The highest BCUT2D eigenvalue weighted by molar-refractivity contribution is 14.1. The number of rotatable bonds is 3. The molecular weight excluding hydrogens is 447 g/mol. The highest BCUT2D eigenvalue weighted by atomic mass is 127. The number of anilines is 1. The molecule has 0 bridgehead atoms. The van der Waals surface area contributed by atoms with Crippen LogP contribution in [0, 0.1) is 3.57 Å². The number of halogens is 1. The van der Waals surface area contributed by atoms with Crippen LogP contribution in [0.2, 0.25) is 0 Å². The predicted molar refractivity (Wildman–Crippen MR) is 103 cm³/mol. The van der Waals surface area contributed by atoms with Crippen LogP contribution in [0.15, 0.2) is 29.3 Å². The lowest BCUT2D eigenvalue weighted by Crippen LogP contribution is -2.38. The summed E-state index contributed by atoms with van der Waals surface area (Å²) in [7, 11) is -3.03. The van der Waals surface area contributed by atoms with Gasteiger partial charge in [-0.15, -0.1) is 0 Å². The first-order chi connectivity index (χ1) is 10.9. The minimum Gasteiger partial charge on any atom is -0.315 e. The van der Waals surface area contributed by atoms with Gasteiger partial charge in [0.1, 0.15) is 0 Å². The molecule has 8 heteroatoms. The molecule has 5 nitrogen and oxygen atoms in total. The molecule has 1 aromatic carbocycles. The fourth-order valence-electron chi connectivity index (χ4n) is 2.87. The zero-order valence-electron chi connectivity index (χ0n) is 12.6. The first-order valence-electron chi connectivity index (χ1n) is 7.43. The van der Waals surface area contributed by atoms with E-state index in [0.29, 0.717) is 11.6 Å². The standard InChI is InChI=1S/C15H17IN2O3S2/c1-2-5-14(19)17-15-18(11-7-4-3-6-10(11)16)12-8-23(20,21)9-13(12)22-15/h3-4,6-7,12-13H,2,5,8-9H2,1H3/t12-,13+/m1/s1. The van der Waals surface area contributed by atoms with Crippen LogP contribution >= 0.6 is 34.4 Å². The number of hydrogen-bond donors (Lipinski definition) is 0. The SMILES string of the molecule is CCCC(=O)N=C1S[C@H]2CS(=O)(=O)C[C@H]2N1c1ccccc1I. The van der Waals surface area contributed by atoms with Crippen molar-refractivity contribution in [3.63, 3.8) is 0 Å². The lowest BCUT2D eigenvalue weighted by molar-refractivity contribution is -0.117. The van der Waals surface area contributed by atoms with Crippen LogP contribution in [-0.4, -0.2) is 42.3 Å². The van der Waals surface area contributed by atoms with Crippen molar-refractivity contribution in [3.8, 4) is 0 Å². The third-order valence-electron chi connectivity index (χ3n) is 3.86. The van der Waals surface area contributed by atoms with E-state index in [4.69, 9.17) is 0 Å². The van der Waals surface area contributed by atoms with E-state index in [1.165, 1.54) is 11.8 Å². The summed E-state index contributed by atoms with van der Waals surface area (Å²) in [5, 5.41) is 0.585. The Balaban J connectivity index is 2.01. The molecule has 0 radical (unpaired) electrons. The van der Waals surface area contributed by atoms with Crippen molar-refractivity contribution in [2.45, 2.75) is 31.1 Å². The molecule has 0 spiro atoms. The molecule has 0 unspecified atom stereocenters. The van der Waals surface area contributed by atoms with Crippen LogP contribution in [0.5, 0.6) is 0 Å². The van der Waals surface area contributed by atoms with Crippen LogP contribution in [0.1, 0.15) is 19.8 Å². The fraction of sp³-hybridized carbons (Fsp3) is 0.467. The number of benzene rings is 1. The van der Waals surface area contributed by atoms with Crippen LogP contribution in [0.3, 0.4) is 0 Å². The van der Waals surface area contributed by atoms with Gasteiger partial charge in [0.25, 0.3) is 0 Å². The third kappa shape index (κ3) is 3.58. The number of fused-ring (bicyclic) bond motifs is 1. The van der Waals surface area contributed by atoms with Crippen molar-refractivity contribution in [2.75, 3.05) is 16.4 Å². The van der Waals surface area contributed by atoms with Crippen molar-refractivity contribution in [1.82, 2.24) is 0 Å². The van der Waals surface area contributed by atoms with E-state index in [2.05, 4.69) is 27.6 Å². The summed E-state index contributed by atoms with van der Waals surface area (Å²) < 4.78 is 25.0. The number of carbonyl (C=O) groups is 1. The molecule has 0 N–H and O–H groups in total. The molecule has 2 fully saturated rings. The smallest absolute Gasteiger partial charge is 0.248 e. The first kappa shape index (κ1) is 17.2. The maximum atomic E-state index is 12.0. The number of amides is 1. The number of amidine groups is 1. The molecule has 1 aromatic rings. The largest absolute Gasteiger partial charge is 0.315 e. The molecule has 23 heavy (non-hydrogen) atoms. The average Bonchev–Trinajstić information content (AvgIpc) is 2.91. The predicted octanol–water partition coefficient (Wildman–Crippen LogP) is 2.69. The van der Waals surface area contributed by atoms with Gasteiger partial charge in [-0.1, -0.05) is 30.8 Å². The monoisotopic (exact) mass is 464 g/mol. The molecule has 2 atom stereocenters. The Morgan fingerprint density at radius 1 is 1.39 bits per heavy atom. The molecule has 2 aliphatic heterocycles. The van der Waals surface area contributed by atoms with E-state index < -0.39 is 9.84 Å². The first-order valence-corrected chi connectivity index (χ1v) is 11.2. The van der Waals surface area contributed by atoms with E-state index >= 15 is 0 Å². The minimum atomic E-state index is -3.03. The van der Waals surface area contributed by atoms with Gasteiger partial charge in [0.15, 0.2) is 15.0 Å². The molecule has 0 aromatic heterocycles. The second-order valence-electron chi connectivity index (χ2n) is 5.66. The van der Waals surface area contributed by atoms with Crippen molar-refractivity contribution in [2.24, 2.45) is 4.99 Å². The number of para-hydroxylation sites is 1. The van der Waals surface area contributed by atoms with Crippen molar-refractivity contribution in [1.29, 1.82) is 0 Å². The van der Waals surface area contributed by atoms with Gasteiger partial charge in [-0.2, -0.15) is 4.99 Å². The summed E-state index contributed by atoms with van der Waals surface area (Å²) >= 11 is 3.65. The average molecular weight is 464 g/mol. The van der Waals surface area contributed by atoms with Gasteiger partial charge in [-0.25, -0.2) is 8.42 Å². The topological polar surface area (TPSA) is 66.8 Å². The van der Waals surface area contributed by atoms with Gasteiger partial charge in [0.2, 0.25) is 5.91 Å². The summed E-state index contributed by atoms with van der Waals surface area (Å²) in [5.74, 6) is 0.133. The molecule has 0 saturated carbocycles. The van der Waals surface area contributed by atoms with Crippen LogP contribution in [0.25, 0.3) is 0 Å². The normalized spacial score (nSPS) is 27.4. The molecule has 2 heterocycles. The zero-order chi connectivity index (χ0) is 16.6. The van der Waals surface area contributed by atoms with Gasteiger partial charge in [0.05, 0.1) is 23.2 Å². The molecule has 1 amide bonds. The number of nitrogens with zero attached hydrogens (tertiary/aromatic N) is 2. The lowest BCUT2D eigenvalue weighted by atomic mass is 10.2. The molecular formula is C15H17IN2O3S2. The highest BCUT2D eigenvalue weighted by Gasteiger charge is 2.49. The summed E-state index contributed by atoms with van der Waals surface area (Å²) in [6.07, 6.45) is 1.17. The maximum Gasteiger partial charge on any atom is 0.248 e. The van der Waals surface area contributed by atoms with E-state index in [9.17, 15) is 13.2 Å². The molecule has 2 saturated heterocycles. The van der Waals surface area contributed by atoms with Gasteiger partial charge < -0.3 is 4.90 Å². The number of thioether (sulfide) groups is 1. The Morgan fingerprint density at radius 3 is 2.83 bits per heavy atom. The maximum absolute atomic E-state index is 12.0. The molecule has 3 rings (SSSR count). The van der Waals surface area contributed by atoms with Gasteiger partial charge in [-0.3, -0.25) is 4.79 Å². The summed E-state index contributed by atoms with van der Waals surface area (Å²) in [5.41, 5.74) is 0.924. The lowest BCUT2D eigenvalue weighted by Gasteiger charge is -2.25. The second kappa shape index (κ2) is 6.72. The van der Waals surface area contributed by atoms with Crippen LogP contribution in [-0.2, 0) is 14.6 Å². The Labute approximate surface area is 154 Å². The molecule has 0 aliphatic carbocycles.